The predicted molar refractivity (Wildman–Crippen MR) is 124 cm³/mol. The van der Waals surface area contributed by atoms with Gasteiger partial charge in [-0.15, -0.1) is 0 Å². The molecule has 0 aliphatic rings. The molecular weight excluding hydrogens is 434 g/mol. The number of anilines is 2. The van der Waals surface area contributed by atoms with E-state index in [9.17, 15) is 22.8 Å². The van der Waals surface area contributed by atoms with Gasteiger partial charge in [-0.2, -0.15) is 0 Å². The lowest BCUT2D eigenvalue weighted by Crippen LogP contribution is -2.42. The second-order valence-corrected chi connectivity index (χ2v) is 10.3. The van der Waals surface area contributed by atoms with Crippen molar-refractivity contribution in [2.24, 2.45) is 5.92 Å². The number of amides is 1. The van der Waals surface area contributed by atoms with E-state index >= 15 is 0 Å². The smallest absolute Gasteiger partial charge is 0.330 e. The number of unbranched alkanes of at least 4 members (excludes halogenated alkanes) is 1. The van der Waals surface area contributed by atoms with E-state index in [-0.39, 0.29) is 34.4 Å². The van der Waals surface area contributed by atoms with E-state index < -0.39 is 27.2 Å². The van der Waals surface area contributed by atoms with E-state index in [1.807, 2.05) is 20.8 Å². The molecule has 1 aromatic heterocycles. The molecule has 10 nitrogen and oxygen atoms in total. The van der Waals surface area contributed by atoms with Crippen LogP contribution in [0.1, 0.15) is 44.0 Å². The van der Waals surface area contributed by atoms with Crippen LogP contribution in [-0.4, -0.2) is 48.8 Å². The van der Waals surface area contributed by atoms with Crippen molar-refractivity contribution in [3.8, 4) is 0 Å². The zero-order valence-corrected chi connectivity index (χ0v) is 19.9. The molecule has 1 heterocycles. The summed E-state index contributed by atoms with van der Waals surface area (Å²) in [7, 11) is -0.966. The Hall–Kier alpha value is -2.92. The van der Waals surface area contributed by atoms with E-state index in [4.69, 9.17) is 5.73 Å². The number of sulfonamides is 1. The number of nitrogen functional groups attached to an aromatic ring is 1. The number of carbonyl (C=O) groups excluding carboxylic acids is 1. The number of hydrogen-bond donors (Lipinski definition) is 2. The largest absolute Gasteiger partial charge is 0.383 e. The lowest BCUT2D eigenvalue weighted by molar-refractivity contribution is 0.0983. The Morgan fingerprint density at radius 1 is 1.22 bits per heavy atom. The summed E-state index contributed by atoms with van der Waals surface area (Å²) in [5.41, 5.74) is 4.75. The van der Waals surface area contributed by atoms with Crippen molar-refractivity contribution in [1.82, 2.24) is 13.9 Å². The highest BCUT2D eigenvalue weighted by Crippen LogP contribution is 2.23. The van der Waals surface area contributed by atoms with Crippen LogP contribution in [0.2, 0.25) is 0 Å². The van der Waals surface area contributed by atoms with Gasteiger partial charge in [0.25, 0.3) is 11.5 Å². The minimum absolute atomic E-state index is 0.0394. The number of H-pyrrole nitrogens is 1. The van der Waals surface area contributed by atoms with Gasteiger partial charge in [-0.25, -0.2) is 17.5 Å². The van der Waals surface area contributed by atoms with Crippen molar-refractivity contribution in [3.05, 3.63) is 50.7 Å². The molecule has 2 rings (SSSR count). The molecule has 0 atom stereocenters. The fourth-order valence-electron chi connectivity index (χ4n) is 3.17. The van der Waals surface area contributed by atoms with Crippen molar-refractivity contribution in [2.45, 2.75) is 45.1 Å². The van der Waals surface area contributed by atoms with Crippen LogP contribution in [0, 0.1) is 5.92 Å². The van der Waals surface area contributed by atoms with Crippen molar-refractivity contribution >= 4 is 27.4 Å². The third-order valence-electron chi connectivity index (χ3n) is 4.87. The van der Waals surface area contributed by atoms with Crippen LogP contribution in [0.25, 0.3) is 0 Å². The lowest BCUT2D eigenvalue weighted by Gasteiger charge is -2.26. The summed E-state index contributed by atoms with van der Waals surface area (Å²) >= 11 is 0. The number of aromatic amines is 1. The Balaban J connectivity index is 2.66. The quantitative estimate of drug-likeness (QED) is 0.575. The van der Waals surface area contributed by atoms with E-state index in [2.05, 4.69) is 4.98 Å². The molecule has 2 aromatic rings. The summed E-state index contributed by atoms with van der Waals surface area (Å²) < 4.78 is 27.3. The van der Waals surface area contributed by atoms with Gasteiger partial charge in [0.15, 0.2) is 5.69 Å². The summed E-state index contributed by atoms with van der Waals surface area (Å²) in [5.74, 6) is -0.729. The average Bonchev–Trinajstić information content (AvgIpc) is 2.71. The Morgan fingerprint density at radius 3 is 2.44 bits per heavy atom. The van der Waals surface area contributed by atoms with Crippen LogP contribution in [0.5, 0.6) is 0 Å². The van der Waals surface area contributed by atoms with Gasteiger partial charge in [-0.3, -0.25) is 19.1 Å². The van der Waals surface area contributed by atoms with Crippen LogP contribution >= 0.6 is 0 Å². The summed E-state index contributed by atoms with van der Waals surface area (Å²) in [5, 5.41) is 0. The number of nitrogens with two attached hydrogens (primary N) is 1. The van der Waals surface area contributed by atoms with E-state index in [1.54, 1.807) is 0 Å². The highest BCUT2D eigenvalue weighted by molar-refractivity contribution is 7.89. The van der Waals surface area contributed by atoms with Crippen molar-refractivity contribution in [2.75, 3.05) is 31.3 Å². The van der Waals surface area contributed by atoms with Gasteiger partial charge in [-0.1, -0.05) is 33.3 Å². The molecule has 1 amide bonds. The molecule has 0 unspecified atom stereocenters. The third kappa shape index (κ3) is 5.28. The molecule has 1 aromatic carbocycles. The van der Waals surface area contributed by atoms with E-state index in [0.29, 0.717) is 13.0 Å². The number of nitrogens with one attached hydrogen (secondary N) is 1. The maximum atomic E-state index is 13.5. The molecule has 0 saturated carbocycles. The van der Waals surface area contributed by atoms with E-state index in [1.165, 1.54) is 47.8 Å². The average molecular weight is 466 g/mol. The molecule has 3 N–H and O–H groups in total. The first kappa shape index (κ1) is 25.3. The van der Waals surface area contributed by atoms with E-state index in [0.717, 1.165) is 10.7 Å². The van der Waals surface area contributed by atoms with Crippen LogP contribution in [-0.2, 0) is 16.6 Å². The fraction of sp³-hybridized carbons (Fsp3) is 0.476. The zero-order valence-electron chi connectivity index (χ0n) is 19.1. The molecule has 11 heteroatoms. The van der Waals surface area contributed by atoms with Crippen molar-refractivity contribution in [1.29, 1.82) is 0 Å². The molecule has 0 radical (unpaired) electrons. The number of benzene rings is 1. The first-order valence-electron chi connectivity index (χ1n) is 10.4. The van der Waals surface area contributed by atoms with Gasteiger partial charge >= 0.3 is 5.69 Å². The van der Waals surface area contributed by atoms with Crippen LogP contribution in [0.15, 0.2) is 38.8 Å². The first-order chi connectivity index (χ1) is 14.9. The third-order valence-corrected chi connectivity index (χ3v) is 6.68. The molecule has 0 aliphatic heterocycles. The fourth-order valence-corrected chi connectivity index (χ4v) is 4.12. The Labute approximate surface area is 187 Å². The number of hydrogen-bond acceptors (Lipinski definition) is 6. The number of aromatic nitrogens is 2. The van der Waals surface area contributed by atoms with Gasteiger partial charge in [0, 0.05) is 32.7 Å². The highest BCUT2D eigenvalue weighted by Gasteiger charge is 2.27. The van der Waals surface area contributed by atoms with Crippen molar-refractivity contribution < 1.29 is 13.2 Å². The first-order valence-corrected chi connectivity index (χ1v) is 11.8. The number of nitrogens with zero attached hydrogens (tertiary/aromatic N) is 3. The van der Waals surface area contributed by atoms with Gasteiger partial charge in [-0.05, 0) is 30.5 Å². The maximum absolute atomic E-state index is 13.5. The van der Waals surface area contributed by atoms with Crippen LogP contribution < -0.4 is 21.9 Å². The topological polar surface area (TPSA) is 139 Å². The molecule has 0 spiro atoms. The standard InChI is InChI=1S/C21H31N5O5S/c1-6-7-11-25-18(22)17(19(27)23-21(25)29)26(13-14(2)3)20(28)15-9-8-10-16(12-15)32(30,31)24(4)5/h8-10,12,14H,6-7,11,13,22H2,1-5H3,(H,23,27,29). The SMILES string of the molecule is CCCCn1c(N)c(N(CC(C)C)C(=O)c2cccc(S(=O)(=O)N(C)C)c2)c(=O)[nH]c1=O. The van der Waals surface area contributed by atoms with Gasteiger partial charge in [0.05, 0.1) is 4.90 Å². The Kier molecular flexibility index (Phi) is 8.02. The molecule has 176 valence electrons. The number of rotatable bonds is 9. The lowest BCUT2D eigenvalue weighted by atomic mass is 10.1. The van der Waals surface area contributed by atoms with Crippen LogP contribution in [0.3, 0.4) is 0 Å². The molecule has 0 bridgehead atoms. The molecular formula is C21H31N5O5S. The Bertz CT molecular complexity index is 1200. The van der Waals surface area contributed by atoms with Gasteiger partial charge < -0.3 is 10.6 Å². The summed E-state index contributed by atoms with van der Waals surface area (Å²) in [6, 6.07) is 5.60. The van der Waals surface area contributed by atoms with Crippen LogP contribution in [0.4, 0.5) is 11.5 Å². The summed E-state index contributed by atoms with van der Waals surface area (Å²) in [4.78, 5) is 41.9. The second-order valence-electron chi connectivity index (χ2n) is 8.12. The normalized spacial score (nSPS) is 11.8. The zero-order chi connectivity index (χ0) is 24.2. The van der Waals surface area contributed by atoms with Crippen molar-refractivity contribution in [3.63, 3.8) is 0 Å². The second kappa shape index (κ2) is 10.1. The predicted octanol–water partition coefficient (Wildman–Crippen LogP) is 1.47. The summed E-state index contributed by atoms with van der Waals surface area (Å²) in [6.07, 6.45) is 1.47. The van der Waals surface area contributed by atoms with Gasteiger partial charge in [0.1, 0.15) is 5.82 Å². The highest BCUT2D eigenvalue weighted by atomic mass is 32.2. The van der Waals surface area contributed by atoms with Gasteiger partial charge in [0.2, 0.25) is 10.0 Å². The molecule has 0 fully saturated rings. The molecule has 32 heavy (non-hydrogen) atoms. The molecule has 0 saturated heterocycles. The monoisotopic (exact) mass is 465 g/mol. The Morgan fingerprint density at radius 2 is 1.88 bits per heavy atom. The summed E-state index contributed by atoms with van der Waals surface area (Å²) in [6.45, 7) is 6.13. The minimum Gasteiger partial charge on any atom is -0.383 e. The minimum atomic E-state index is -3.76. The number of carbonyl (C=O) groups is 1. The maximum Gasteiger partial charge on any atom is 0.330 e. The molecule has 0 aliphatic carbocycles.